The molecule has 0 aromatic heterocycles. The third-order valence-corrected chi connectivity index (χ3v) is 13.3. The molecule has 1 aliphatic heterocycles. The van der Waals surface area contributed by atoms with Gasteiger partial charge in [0, 0.05) is 6.42 Å². The highest BCUT2D eigenvalue weighted by Crippen LogP contribution is 2.23. The zero-order chi connectivity index (χ0) is 49.4. The van der Waals surface area contributed by atoms with Crippen molar-refractivity contribution in [1.29, 1.82) is 0 Å². The Morgan fingerprint density at radius 1 is 0.515 bits per heavy atom. The Bertz CT molecular complexity index is 1250. The van der Waals surface area contributed by atoms with E-state index in [0.717, 1.165) is 57.8 Å². The number of hydrogen-bond acceptors (Lipinski definition) is 8. The van der Waals surface area contributed by atoms with Crippen LogP contribution in [0.2, 0.25) is 0 Å². The van der Waals surface area contributed by atoms with Crippen LogP contribution in [0.5, 0.6) is 0 Å². The number of carbonyl (C=O) groups is 1. The number of amides is 1. The molecule has 68 heavy (non-hydrogen) atoms. The fourth-order valence-corrected chi connectivity index (χ4v) is 8.82. The van der Waals surface area contributed by atoms with Gasteiger partial charge in [0.1, 0.15) is 24.4 Å². The number of rotatable bonds is 48. The van der Waals surface area contributed by atoms with Gasteiger partial charge in [-0.2, -0.15) is 0 Å². The smallest absolute Gasteiger partial charge is 0.220 e. The molecule has 1 saturated heterocycles. The molecule has 9 heteroatoms. The molecule has 6 N–H and O–H groups in total. The molecule has 7 unspecified atom stereocenters. The van der Waals surface area contributed by atoms with E-state index < -0.39 is 49.5 Å². The van der Waals surface area contributed by atoms with Crippen molar-refractivity contribution < 1.29 is 39.8 Å². The van der Waals surface area contributed by atoms with Crippen LogP contribution in [0.25, 0.3) is 0 Å². The maximum absolute atomic E-state index is 13.0. The fraction of sp³-hybridized carbons (Fsp3) is 0.814. The molecule has 0 aromatic rings. The molecule has 0 spiro atoms. The second-order valence-corrected chi connectivity index (χ2v) is 19.7. The van der Waals surface area contributed by atoms with Gasteiger partial charge in [0.2, 0.25) is 5.91 Å². The zero-order valence-electron chi connectivity index (χ0n) is 43.9. The van der Waals surface area contributed by atoms with E-state index in [9.17, 15) is 30.3 Å². The van der Waals surface area contributed by atoms with E-state index in [2.05, 4.69) is 67.8 Å². The summed E-state index contributed by atoms with van der Waals surface area (Å²) in [6, 6.07) is -0.826. The van der Waals surface area contributed by atoms with E-state index in [4.69, 9.17) is 9.47 Å². The Balaban J connectivity index is 2.06. The van der Waals surface area contributed by atoms with E-state index in [1.807, 2.05) is 6.08 Å². The molecule has 396 valence electrons. The van der Waals surface area contributed by atoms with Crippen molar-refractivity contribution in [3.8, 4) is 0 Å². The summed E-state index contributed by atoms with van der Waals surface area (Å²) in [4.78, 5) is 13.0. The number of nitrogens with one attached hydrogen (secondary N) is 1. The van der Waals surface area contributed by atoms with Crippen LogP contribution < -0.4 is 5.32 Å². The van der Waals surface area contributed by atoms with Crippen LogP contribution in [-0.2, 0) is 14.3 Å². The van der Waals surface area contributed by atoms with Crippen LogP contribution in [0.3, 0.4) is 0 Å². The summed E-state index contributed by atoms with van der Waals surface area (Å²) in [6.07, 6.45) is 59.0. The van der Waals surface area contributed by atoms with Crippen molar-refractivity contribution in [1.82, 2.24) is 5.32 Å². The lowest BCUT2D eigenvalue weighted by Crippen LogP contribution is -2.60. The first-order chi connectivity index (χ1) is 33.3. The number of aliphatic hydroxyl groups is 5. The largest absolute Gasteiger partial charge is 0.394 e. The predicted octanol–water partition coefficient (Wildman–Crippen LogP) is 13.9. The van der Waals surface area contributed by atoms with E-state index in [0.29, 0.717) is 6.42 Å². The van der Waals surface area contributed by atoms with Gasteiger partial charge >= 0.3 is 0 Å². The Morgan fingerprint density at radius 2 is 0.926 bits per heavy atom. The first kappa shape index (κ1) is 63.9. The average molecular weight is 959 g/mol. The summed E-state index contributed by atoms with van der Waals surface area (Å²) < 4.78 is 11.2. The first-order valence-electron chi connectivity index (χ1n) is 28.5. The monoisotopic (exact) mass is 958 g/mol. The molecule has 1 aliphatic rings. The molecule has 0 saturated carbocycles. The van der Waals surface area contributed by atoms with Crippen molar-refractivity contribution in [3.05, 3.63) is 60.8 Å². The summed E-state index contributed by atoms with van der Waals surface area (Å²) in [6.45, 7) is 3.62. The molecule has 1 amide bonds. The second-order valence-electron chi connectivity index (χ2n) is 19.7. The highest BCUT2D eigenvalue weighted by atomic mass is 16.7. The fourth-order valence-electron chi connectivity index (χ4n) is 8.82. The Kier molecular flexibility index (Phi) is 45.6. The van der Waals surface area contributed by atoms with Crippen molar-refractivity contribution in [2.75, 3.05) is 13.2 Å². The molecule has 7 atom stereocenters. The number of carbonyl (C=O) groups excluding carboxylic acids is 1. The maximum atomic E-state index is 13.0. The second kappa shape index (κ2) is 48.5. The highest BCUT2D eigenvalue weighted by molar-refractivity contribution is 5.76. The van der Waals surface area contributed by atoms with Gasteiger partial charge < -0.3 is 40.3 Å². The average Bonchev–Trinajstić information content (AvgIpc) is 3.34. The lowest BCUT2D eigenvalue weighted by Gasteiger charge is -2.40. The number of aliphatic hydroxyl groups excluding tert-OH is 5. The topological polar surface area (TPSA) is 149 Å². The van der Waals surface area contributed by atoms with Crippen molar-refractivity contribution in [3.63, 3.8) is 0 Å². The van der Waals surface area contributed by atoms with Gasteiger partial charge in [0.15, 0.2) is 6.29 Å². The van der Waals surface area contributed by atoms with Crippen molar-refractivity contribution in [2.45, 2.75) is 294 Å². The molecule has 0 bridgehead atoms. The highest BCUT2D eigenvalue weighted by Gasteiger charge is 2.44. The molecule has 1 heterocycles. The SMILES string of the molecule is CC/C=C/CC/C=C/CC/C=C/C(O)C(COC1OC(CO)C(O)C(O)C1O)NC(=O)CCCCCCCCCCCCCCCCCCCCCCCCC/C=C\C/C=C\CCCCCCC. The molecule has 1 rings (SSSR count). The van der Waals surface area contributed by atoms with Crippen LogP contribution in [0.15, 0.2) is 60.8 Å². The van der Waals surface area contributed by atoms with Gasteiger partial charge in [0.25, 0.3) is 0 Å². The van der Waals surface area contributed by atoms with Gasteiger partial charge in [-0.1, -0.05) is 235 Å². The summed E-state index contributed by atoms with van der Waals surface area (Å²) in [5.41, 5.74) is 0. The van der Waals surface area contributed by atoms with E-state index in [1.165, 1.54) is 173 Å². The molecule has 9 nitrogen and oxygen atoms in total. The summed E-state index contributed by atoms with van der Waals surface area (Å²) in [5.74, 6) is -0.191. The van der Waals surface area contributed by atoms with Crippen molar-refractivity contribution >= 4 is 5.91 Å². The Morgan fingerprint density at radius 3 is 1.38 bits per heavy atom. The number of allylic oxidation sites excluding steroid dienone is 9. The van der Waals surface area contributed by atoms with Gasteiger partial charge in [-0.25, -0.2) is 0 Å². The normalized spacial score (nSPS) is 20.0. The lowest BCUT2D eigenvalue weighted by atomic mass is 9.99. The number of hydrogen-bond donors (Lipinski definition) is 6. The quantitative estimate of drug-likeness (QED) is 0.0261. The minimum absolute atomic E-state index is 0.191. The summed E-state index contributed by atoms with van der Waals surface area (Å²) in [5, 5.41) is 54.2. The molecule has 1 fully saturated rings. The first-order valence-corrected chi connectivity index (χ1v) is 28.5. The third-order valence-electron chi connectivity index (χ3n) is 13.3. The molecule has 0 aromatic carbocycles. The molecular formula is C59H107NO8. The van der Waals surface area contributed by atoms with Crippen LogP contribution in [0.4, 0.5) is 0 Å². The standard InChI is InChI=1S/C59H107NO8/c1-3-5-7-9-11-13-15-16-17-18-19-20-21-22-23-24-25-26-27-28-29-30-31-32-33-34-35-36-37-38-39-41-43-45-47-49-55(63)60-52(51-67-59-58(66)57(65)56(64)54(50-61)68-59)53(62)48-46-44-42-40-14-12-10-8-6-4-2/h6,8,14-16,18-19,40,46,48,52-54,56-59,61-62,64-66H,3-5,7,9-13,17,20-39,41-45,47,49-51H2,1-2H3,(H,60,63)/b8-6+,16-15-,19-18-,40-14+,48-46+. The van der Waals surface area contributed by atoms with Crippen LogP contribution in [0, 0.1) is 0 Å². The Hall–Kier alpha value is -2.11. The van der Waals surface area contributed by atoms with Gasteiger partial charge in [-0.3, -0.25) is 4.79 Å². The maximum Gasteiger partial charge on any atom is 0.220 e. The Labute approximate surface area is 417 Å². The van der Waals surface area contributed by atoms with Gasteiger partial charge in [-0.05, 0) is 70.6 Å². The number of unbranched alkanes of at least 4 members (excludes halogenated alkanes) is 30. The van der Waals surface area contributed by atoms with Crippen molar-refractivity contribution in [2.24, 2.45) is 0 Å². The van der Waals surface area contributed by atoms with E-state index in [-0.39, 0.29) is 12.5 Å². The van der Waals surface area contributed by atoms with Crippen LogP contribution in [-0.4, -0.2) is 87.5 Å². The summed E-state index contributed by atoms with van der Waals surface area (Å²) >= 11 is 0. The summed E-state index contributed by atoms with van der Waals surface area (Å²) in [7, 11) is 0. The van der Waals surface area contributed by atoms with E-state index in [1.54, 1.807) is 6.08 Å². The molecular weight excluding hydrogens is 851 g/mol. The zero-order valence-corrected chi connectivity index (χ0v) is 43.9. The van der Waals surface area contributed by atoms with Gasteiger partial charge in [-0.15, -0.1) is 0 Å². The van der Waals surface area contributed by atoms with E-state index >= 15 is 0 Å². The van der Waals surface area contributed by atoms with Gasteiger partial charge in [0.05, 0.1) is 25.4 Å². The molecule has 0 radical (unpaired) electrons. The van der Waals surface area contributed by atoms with Crippen LogP contribution >= 0.6 is 0 Å². The molecule has 0 aliphatic carbocycles. The van der Waals surface area contributed by atoms with Crippen LogP contribution in [0.1, 0.15) is 251 Å². The lowest BCUT2D eigenvalue weighted by molar-refractivity contribution is -0.302. The minimum Gasteiger partial charge on any atom is -0.394 e. The third kappa shape index (κ3) is 37.7. The number of ether oxygens (including phenoxy) is 2. The minimum atomic E-state index is -1.57. The predicted molar refractivity (Wildman–Crippen MR) is 286 cm³/mol.